The summed E-state index contributed by atoms with van der Waals surface area (Å²) in [6.45, 7) is 2.04. The van der Waals surface area contributed by atoms with Gasteiger partial charge in [-0.1, -0.05) is 35.9 Å². The Morgan fingerprint density at radius 2 is 1.91 bits per heavy atom. The molecule has 1 heterocycles. The number of carbonyl (C=O) groups is 1. The van der Waals surface area contributed by atoms with Crippen molar-refractivity contribution in [3.63, 3.8) is 0 Å². The molecular weight excluding hydrogens is 276 g/mol. The zero-order chi connectivity index (χ0) is 15.5. The molecule has 110 valence electrons. The number of aldehydes is 1. The molecule has 0 aliphatic carbocycles. The van der Waals surface area contributed by atoms with E-state index in [0.717, 1.165) is 29.1 Å². The van der Waals surface area contributed by atoms with Gasteiger partial charge in [-0.15, -0.1) is 0 Å². The van der Waals surface area contributed by atoms with Gasteiger partial charge in [-0.25, -0.2) is 4.98 Å². The topological polar surface area (TPSA) is 44.1 Å². The fourth-order valence-electron chi connectivity index (χ4n) is 2.32. The summed E-state index contributed by atoms with van der Waals surface area (Å²) in [6.07, 6.45) is 2.49. The van der Waals surface area contributed by atoms with Crippen molar-refractivity contribution in [2.45, 2.75) is 6.92 Å². The summed E-state index contributed by atoms with van der Waals surface area (Å²) in [5.41, 5.74) is 3.44. The van der Waals surface area contributed by atoms with E-state index in [2.05, 4.69) is 4.98 Å². The first-order valence-electron chi connectivity index (χ1n) is 6.97. The van der Waals surface area contributed by atoms with E-state index in [0.29, 0.717) is 5.69 Å². The monoisotopic (exact) mass is 292 g/mol. The van der Waals surface area contributed by atoms with Crippen LogP contribution >= 0.6 is 0 Å². The molecule has 2 aromatic carbocycles. The molecule has 3 aromatic rings. The third-order valence-corrected chi connectivity index (χ3v) is 3.49. The highest BCUT2D eigenvalue weighted by Gasteiger charge is 2.12. The Kier molecular flexibility index (Phi) is 3.74. The molecule has 0 saturated heterocycles. The summed E-state index contributed by atoms with van der Waals surface area (Å²) in [6, 6.07) is 15.7. The number of hydrogen-bond donors (Lipinski definition) is 0. The molecule has 0 N–H and O–H groups in total. The Morgan fingerprint density at radius 3 is 2.59 bits per heavy atom. The molecule has 0 saturated carbocycles. The third-order valence-electron chi connectivity index (χ3n) is 3.49. The van der Waals surface area contributed by atoms with E-state index in [-0.39, 0.29) is 0 Å². The van der Waals surface area contributed by atoms with E-state index in [1.54, 1.807) is 13.3 Å². The number of aryl methyl sites for hydroxylation is 1. The van der Waals surface area contributed by atoms with Crippen LogP contribution in [-0.2, 0) is 0 Å². The Morgan fingerprint density at radius 1 is 1.14 bits per heavy atom. The number of nitrogens with zero attached hydrogens (tertiary/aromatic N) is 2. The standard InChI is InChI=1S/C18H16N2O2/c1-13-6-8-14(9-7-13)18-19-15(12-21)11-20(18)16-4-3-5-17(10-16)22-2/h3-12H,1-2H3. The Hall–Kier alpha value is -2.88. The zero-order valence-electron chi connectivity index (χ0n) is 12.5. The number of carbonyl (C=O) groups excluding carboxylic acids is 1. The lowest BCUT2D eigenvalue weighted by atomic mass is 10.1. The molecule has 0 spiro atoms. The summed E-state index contributed by atoms with van der Waals surface area (Å²) >= 11 is 0. The van der Waals surface area contributed by atoms with Gasteiger partial charge in [-0.05, 0) is 19.1 Å². The molecule has 0 aliphatic heterocycles. The lowest BCUT2D eigenvalue weighted by molar-refractivity contribution is 0.111. The van der Waals surface area contributed by atoms with Gasteiger partial charge in [-0.2, -0.15) is 0 Å². The van der Waals surface area contributed by atoms with Crippen molar-refractivity contribution in [2.75, 3.05) is 7.11 Å². The second-order valence-corrected chi connectivity index (χ2v) is 5.04. The van der Waals surface area contributed by atoms with Crippen LogP contribution in [0, 0.1) is 6.92 Å². The summed E-state index contributed by atoms with van der Waals surface area (Å²) in [4.78, 5) is 15.5. The molecule has 0 aliphatic rings. The maximum absolute atomic E-state index is 11.1. The molecular formula is C18H16N2O2. The van der Waals surface area contributed by atoms with Crippen molar-refractivity contribution in [1.29, 1.82) is 0 Å². The molecule has 0 bridgehead atoms. The maximum Gasteiger partial charge on any atom is 0.170 e. The van der Waals surface area contributed by atoms with Gasteiger partial charge in [0.15, 0.2) is 6.29 Å². The van der Waals surface area contributed by atoms with E-state index >= 15 is 0 Å². The van der Waals surface area contributed by atoms with Gasteiger partial charge >= 0.3 is 0 Å². The largest absolute Gasteiger partial charge is 0.497 e. The quantitative estimate of drug-likeness (QED) is 0.689. The van der Waals surface area contributed by atoms with Crippen LogP contribution in [0.25, 0.3) is 17.1 Å². The molecule has 0 fully saturated rings. The Bertz CT molecular complexity index is 804. The summed E-state index contributed by atoms with van der Waals surface area (Å²) in [7, 11) is 1.63. The predicted molar refractivity (Wildman–Crippen MR) is 85.7 cm³/mol. The molecule has 0 unspecified atom stereocenters. The van der Waals surface area contributed by atoms with Gasteiger partial charge < -0.3 is 4.74 Å². The summed E-state index contributed by atoms with van der Waals surface area (Å²) < 4.78 is 7.17. The van der Waals surface area contributed by atoms with Crippen LogP contribution in [0.3, 0.4) is 0 Å². The second-order valence-electron chi connectivity index (χ2n) is 5.04. The van der Waals surface area contributed by atoms with Gasteiger partial charge in [0.05, 0.1) is 12.8 Å². The minimum absolute atomic E-state index is 0.401. The lowest BCUT2D eigenvalue weighted by Crippen LogP contribution is -1.96. The Balaban J connectivity index is 2.16. The fraction of sp³-hybridized carbons (Fsp3) is 0.111. The average molecular weight is 292 g/mol. The minimum Gasteiger partial charge on any atom is -0.497 e. The minimum atomic E-state index is 0.401. The first-order valence-corrected chi connectivity index (χ1v) is 6.97. The first kappa shape index (κ1) is 14.1. The average Bonchev–Trinajstić information content (AvgIpc) is 3.00. The van der Waals surface area contributed by atoms with Crippen molar-refractivity contribution in [2.24, 2.45) is 0 Å². The predicted octanol–water partition coefficient (Wildman–Crippen LogP) is 3.67. The van der Waals surface area contributed by atoms with Crippen LogP contribution in [0.4, 0.5) is 0 Å². The summed E-state index contributed by atoms with van der Waals surface area (Å²) in [5, 5.41) is 0. The third kappa shape index (κ3) is 2.63. The van der Waals surface area contributed by atoms with Crippen LogP contribution in [0.15, 0.2) is 54.7 Å². The van der Waals surface area contributed by atoms with Crippen molar-refractivity contribution >= 4 is 6.29 Å². The van der Waals surface area contributed by atoms with Crippen LogP contribution in [0.2, 0.25) is 0 Å². The van der Waals surface area contributed by atoms with E-state index in [4.69, 9.17) is 4.74 Å². The number of aromatic nitrogens is 2. The number of imidazole rings is 1. The fourth-order valence-corrected chi connectivity index (χ4v) is 2.32. The first-order chi connectivity index (χ1) is 10.7. The summed E-state index contributed by atoms with van der Waals surface area (Å²) in [5.74, 6) is 1.49. The molecule has 0 amide bonds. The van der Waals surface area contributed by atoms with E-state index in [1.165, 1.54) is 5.56 Å². The number of hydrogen-bond acceptors (Lipinski definition) is 3. The van der Waals surface area contributed by atoms with Crippen molar-refractivity contribution in [3.8, 4) is 22.8 Å². The Labute approximate surface area is 129 Å². The molecule has 4 nitrogen and oxygen atoms in total. The SMILES string of the molecule is COc1cccc(-n2cc(C=O)nc2-c2ccc(C)cc2)c1. The van der Waals surface area contributed by atoms with Gasteiger partial charge in [0.2, 0.25) is 0 Å². The second kappa shape index (κ2) is 5.85. The van der Waals surface area contributed by atoms with Crippen molar-refractivity contribution in [1.82, 2.24) is 9.55 Å². The van der Waals surface area contributed by atoms with Crippen LogP contribution in [0.1, 0.15) is 16.1 Å². The smallest absolute Gasteiger partial charge is 0.170 e. The maximum atomic E-state index is 11.1. The van der Waals surface area contributed by atoms with Gasteiger partial charge in [0, 0.05) is 17.8 Å². The van der Waals surface area contributed by atoms with Gasteiger partial charge in [-0.3, -0.25) is 9.36 Å². The number of benzene rings is 2. The molecule has 0 atom stereocenters. The van der Waals surface area contributed by atoms with E-state index in [1.807, 2.05) is 60.0 Å². The highest BCUT2D eigenvalue weighted by Crippen LogP contribution is 2.25. The molecule has 22 heavy (non-hydrogen) atoms. The molecule has 3 rings (SSSR count). The van der Waals surface area contributed by atoms with Crippen molar-refractivity contribution in [3.05, 3.63) is 66.0 Å². The highest BCUT2D eigenvalue weighted by atomic mass is 16.5. The van der Waals surface area contributed by atoms with Gasteiger partial charge in [0.25, 0.3) is 0 Å². The van der Waals surface area contributed by atoms with E-state index < -0.39 is 0 Å². The molecule has 4 heteroatoms. The molecule has 1 aromatic heterocycles. The number of ether oxygens (including phenoxy) is 1. The lowest BCUT2D eigenvalue weighted by Gasteiger charge is -2.09. The van der Waals surface area contributed by atoms with Crippen LogP contribution in [0.5, 0.6) is 5.75 Å². The molecule has 0 radical (unpaired) electrons. The van der Waals surface area contributed by atoms with Gasteiger partial charge in [0.1, 0.15) is 17.3 Å². The van der Waals surface area contributed by atoms with Crippen LogP contribution in [-0.4, -0.2) is 22.9 Å². The van der Waals surface area contributed by atoms with Crippen molar-refractivity contribution < 1.29 is 9.53 Å². The number of methoxy groups -OCH3 is 1. The van der Waals surface area contributed by atoms with E-state index in [9.17, 15) is 4.79 Å². The number of rotatable bonds is 4. The van der Waals surface area contributed by atoms with Crippen LogP contribution < -0.4 is 4.74 Å². The highest BCUT2D eigenvalue weighted by molar-refractivity contribution is 5.74. The normalized spacial score (nSPS) is 10.5. The zero-order valence-corrected chi connectivity index (χ0v) is 12.5.